The van der Waals surface area contributed by atoms with E-state index in [4.69, 9.17) is 9.47 Å². The number of nitrogens with zero attached hydrogens (tertiary/aromatic N) is 1. The molecule has 0 spiro atoms. The monoisotopic (exact) mass is 213 g/mol. The molecule has 0 radical (unpaired) electrons. The summed E-state index contributed by atoms with van der Waals surface area (Å²) >= 11 is 1.69. The van der Waals surface area contributed by atoms with Gasteiger partial charge in [0.05, 0.1) is 12.3 Å². The topological polar surface area (TPSA) is 31.4 Å². The lowest BCUT2D eigenvalue weighted by molar-refractivity contribution is 0.143. The highest BCUT2D eigenvalue weighted by molar-refractivity contribution is 7.98. The van der Waals surface area contributed by atoms with Crippen LogP contribution in [0.5, 0.6) is 5.88 Å². The second-order valence-electron chi connectivity index (χ2n) is 2.78. The number of rotatable bonds is 5. The Morgan fingerprint density at radius 1 is 1.36 bits per heavy atom. The molecule has 0 bridgehead atoms. The Morgan fingerprint density at radius 2 is 2.14 bits per heavy atom. The Balaban J connectivity index is 2.57. The first-order valence-corrected chi connectivity index (χ1v) is 5.63. The fraction of sp³-hybridized carbons (Fsp3) is 0.500. The van der Waals surface area contributed by atoms with Gasteiger partial charge in [0.2, 0.25) is 5.88 Å². The van der Waals surface area contributed by atoms with Crippen LogP contribution in [0.1, 0.15) is 5.69 Å². The van der Waals surface area contributed by atoms with E-state index in [-0.39, 0.29) is 0 Å². The Bertz CT molecular complexity index is 291. The number of hydrogen-bond donors (Lipinski definition) is 0. The van der Waals surface area contributed by atoms with Gasteiger partial charge in [0.15, 0.2) is 0 Å². The van der Waals surface area contributed by atoms with Crippen molar-refractivity contribution in [1.29, 1.82) is 0 Å². The number of methoxy groups -OCH3 is 1. The molecule has 0 N–H and O–H groups in total. The fourth-order valence-corrected chi connectivity index (χ4v) is 1.60. The maximum absolute atomic E-state index is 5.38. The third-order valence-corrected chi connectivity index (χ3v) is 2.64. The van der Waals surface area contributed by atoms with Crippen LogP contribution < -0.4 is 4.74 Å². The molecule has 0 saturated heterocycles. The highest BCUT2D eigenvalue weighted by Gasteiger charge is 2.00. The summed E-state index contributed by atoms with van der Waals surface area (Å²) in [6.07, 6.45) is 2.04. The summed E-state index contributed by atoms with van der Waals surface area (Å²) in [5, 5.41) is 0. The van der Waals surface area contributed by atoms with Crippen molar-refractivity contribution in [3.05, 3.63) is 17.8 Å². The highest BCUT2D eigenvalue weighted by atomic mass is 32.2. The molecule has 0 aliphatic heterocycles. The van der Waals surface area contributed by atoms with Crippen molar-refractivity contribution in [3.8, 4) is 5.88 Å². The molecule has 0 atom stereocenters. The minimum absolute atomic E-state index is 0.543. The SMILES string of the molecule is COCCOc1ccc(SC)c(C)n1. The second kappa shape index (κ2) is 5.88. The molecule has 0 fully saturated rings. The molecular weight excluding hydrogens is 198 g/mol. The van der Waals surface area contributed by atoms with Gasteiger partial charge in [-0.15, -0.1) is 11.8 Å². The molecule has 0 aliphatic carbocycles. The Hall–Kier alpha value is -0.740. The quantitative estimate of drug-likeness (QED) is 0.554. The first-order chi connectivity index (χ1) is 6.77. The first kappa shape index (κ1) is 11.3. The molecule has 0 aliphatic rings. The van der Waals surface area contributed by atoms with Crippen molar-refractivity contribution >= 4 is 11.8 Å². The molecule has 0 unspecified atom stereocenters. The number of aryl methyl sites for hydroxylation is 1. The van der Waals surface area contributed by atoms with Crippen LogP contribution in [0.15, 0.2) is 17.0 Å². The Labute approximate surface area is 88.8 Å². The zero-order valence-electron chi connectivity index (χ0n) is 8.74. The average Bonchev–Trinajstić information content (AvgIpc) is 2.18. The minimum Gasteiger partial charge on any atom is -0.475 e. The van der Waals surface area contributed by atoms with Crippen molar-refractivity contribution in [2.75, 3.05) is 26.6 Å². The van der Waals surface area contributed by atoms with Crippen LogP contribution in [0.25, 0.3) is 0 Å². The summed E-state index contributed by atoms with van der Waals surface area (Å²) in [5.41, 5.74) is 1.01. The van der Waals surface area contributed by atoms with Gasteiger partial charge in [0.25, 0.3) is 0 Å². The number of pyridine rings is 1. The molecule has 0 aromatic carbocycles. The van der Waals surface area contributed by atoms with Crippen LogP contribution in [-0.2, 0) is 4.74 Å². The van der Waals surface area contributed by atoms with E-state index < -0.39 is 0 Å². The van der Waals surface area contributed by atoms with Gasteiger partial charge in [-0.3, -0.25) is 0 Å². The summed E-state index contributed by atoms with van der Waals surface area (Å²) in [6.45, 7) is 3.11. The molecule has 1 heterocycles. The molecule has 0 saturated carbocycles. The molecule has 14 heavy (non-hydrogen) atoms. The van der Waals surface area contributed by atoms with Crippen molar-refractivity contribution in [2.45, 2.75) is 11.8 Å². The Morgan fingerprint density at radius 3 is 2.71 bits per heavy atom. The predicted molar refractivity (Wildman–Crippen MR) is 58.1 cm³/mol. The summed E-state index contributed by atoms with van der Waals surface area (Å²) < 4.78 is 10.3. The maximum atomic E-state index is 5.38. The van der Waals surface area contributed by atoms with Crippen molar-refractivity contribution < 1.29 is 9.47 Å². The van der Waals surface area contributed by atoms with Crippen LogP contribution >= 0.6 is 11.8 Å². The van der Waals surface area contributed by atoms with E-state index in [1.165, 1.54) is 4.90 Å². The van der Waals surface area contributed by atoms with E-state index in [0.717, 1.165) is 5.69 Å². The third-order valence-electron chi connectivity index (χ3n) is 1.77. The standard InChI is InChI=1S/C10H15NO2S/c1-8-9(14-3)4-5-10(11-8)13-7-6-12-2/h4-5H,6-7H2,1-3H3. The molecule has 1 rings (SSSR count). The number of ether oxygens (including phenoxy) is 2. The summed E-state index contributed by atoms with van der Waals surface area (Å²) in [5.74, 6) is 0.664. The normalized spacial score (nSPS) is 10.2. The van der Waals surface area contributed by atoms with E-state index in [1.807, 2.05) is 25.3 Å². The summed E-state index contributed by atoms with van der Waals surface area (Å²) in [7, 11) is 1.65. The molecule has 78 valence electrons. The summed E-state index contributed by atoms with van der Waals surface area (Å²) in [6, 6.07) is 3.91. The van der Waals surface area contributed by atoms with E-state index in [1.54, 1.807) is 18.9 Å². The lowest BCUT2D eigenvalue weighted by atomic mass is 10.4. The zero-order valence-corrected chi connectivity index (χ0v) is 9.56. The zero-order chi connectivity index (χ0) is 10.4. The predicted octanol–water partition coefficient (Wildman–Crippen LogP) is 2.14. The van der Waals surface area contributed by atoms with Crippen LogP contribution in [0.2, 0.25) is 0 Å². The van der Waals surface area contributed by atoms with Gasteiger partial charge >= 0.3 is 0 Å². The summed E-state index contributed by atoms with van der Waals surface area (Å²) in [4.78, 5) is 5.50. The van der Waals surface area contributed by atoms with Gasteiger partial charge in [0.1, 0.15) is 6.61 Å². The lowest BCUT2D eigenvalue weighted by Gasteiger charge is -2.06. The maximum Gasteiger partial charge on any atom is 0.213 e. The molecule has 1 aromatic heterocycles. The number of thioether (sulfide) groups is 1. The van der Waals surface area contributed by atoms with Crippen molar-refractivity contribution in [2.24, 2.45) is 0 Å². The van der Waals surface area contributed by atoms with E-state index in [2.05, 4.69) is 4.98 Å². The van der Waals surface area contributed by atoms with Gasteiger partial charge in [-0.2, -0.15) is 0 Å². The van der Waals surface area contributed by atoms with Gasteiger partial charge in [-0.05, 0) is 19.2 Å². The van der Waals surface area contributed by atoms with E-state index in [0.29, 0.717) is 19.1 Å². The molecule has 4 heteroatoms. The first-order valence-electron chi connectivity index (χ1n) is 4.41. The molecule has 0 amide bonds. The van der Waals surface area contributed by atoms with Gasteiger partial charge in [-0.1, -0.05) is 0 Å². The van der Waals surface area contributed by atoms with Crippen LogP contribution in [-0.4, -0.2) is 31.6 Å². The highest BCUT2D eigenvalue weighted by Crippen LogP contribution is 2.20. The van der Waals surface area contributed by atoms with Crippen LogP contribution in [0.3, 0.4) is 0 Å². The second-order valence-corrected chi connectivity index (χ2v) is 3.63. The lowest BCUT2D eigenvalue weighted by Crippen LogP contribution is -2.05. The largest absolute Gasteiger partial charge is 0.475 e. The molecule has 1 aromatic rings. The smallest absolute Gasteiger partial charge is 0.213 e. The number of aromatic nitrogens is 1. The van der Waals surface area contributed by atoms with E-state index >= 15 is 0 Å². The van der Waals surface area contributed by atoms with Gasteiger partial charge in [-0.25, -0.2) is 4.98 Å². The molecular formula is C10H15NO2S. The van der Waals surface area contributed by atoms with Gasteiger partial charge < -0.3 is 9.47 Å². The molecule has 3 nitrogen and oxygen atoms in total. The van der Waals surface area contributed by atoms with Crippen LogP contribution in [0.4, 0.5) is 0 Å². The van der Waals surface area contributed by atoms with Crippen LogP contribution in [0, 0.1) is 6.92 Å². The number of hydrogen-bond acceptors (Lipinski definition) is 4. The van der Waals surface area contributed by atoms with E-state index in [9.17, 15) is 0 Å². The minimum atomic E-state index is 0.543. The van der Waals surface area contributed by atoms with Crippen molar-refractivity contribution in [3.63, 3.8) is 0 Å². The third kappa shape index (κ3) is 3.20. The van der Waals surface area contributed by atoms with Gasteiger partial charge in [0, 0.05) is 18.1 Å². The average molecular weight is 213 g/mol. The van der Waals surface area contributed by atoms with Crippen molar-refractivity contribution in [1.82, 2.24) is 4.98 Å². The fourth-order valence-electron chi connectivity index (χ4n) is 1.05. The Kier molecular flexibility index (Phi) is 4.76.